The number of carbonyl (C=O) groups is 1. The Morgan fingerprint density at radius 2 is 2.25 bits per heavy atom. The molecule has 0 aliphatic rings. The predicted octanol–water partition coefficient (Wildman–Crippen LogP) is 3.83. The molecule has 0 saturated heterocycles. The van der Waals surface area contributed by atoms with Crippen molar-refractivity contribution in [3.63, 3.8) is 0 Å². The lowest BCUT2D eigenvalue weighted by Gasteiger charge is -2.12. The normalized spacial score (nSPS) is 12.2. The van der Waals surface area contributed by atoms with Crippen molar-refractivity contribution in [2.24, 2.45) is 0 Å². The van der Waals surface area contributed by atoms with Crippen molar-refractivity contribution in [3.05, 3.63) is 23.8 Å². The summed E-state index contributed by atoms with van der Waals surface area (Å²) in [7, 11) is 0. The van der Waals surface area contributed by atoms with Gasteiger partial charge in [-0.2, -0.15) is 0 Å². The zero-order valence-electron chi connectivity index (χ0n) is 9.62. The minimum Gasteiger partial charge on any atom is -0.493 e. The number of hydrogen-bond donors (Lipinski definition) is 0. The van der Waals surface area contributed by atoms with Gasteiger partial charge in [0.25, 0.3) is 0 Å². The summed E-state index contributed by atoms with van der Waals surface area (Å²) in [4.78, 5) is 12.1. The molecular weight excluding hydrogens is 288 g/mol. The number of alkyl halides is 1. The van der Waals surface area contributed by atoms with Crippen LogP contribution in [0, 0.1) is 0 Å². The summed E-state index contributed by atoms with van der Waals surface area (Å²) in [6, 6.07) is 5.87. The van der Waals surface area contributed by atoms with Crippen LogP contribution >= 0.6 is 27.7 Å². The highest BCUT2D eigenvalue weighted by molar-refractivity contribution is 9.09. The van der Waals surface area contributed by atoms with Crippen LogP contribution in [0.2, 0.25) is 0 Å². The molecule has 16 heavy (non-hydrogen) atoms. The average Bonchev–Trinajstić information content (AvgIpc) is 2.28. The first kappa shape index (κ1) is 13.6. The quantitative estimate of drug-likeness (QED) is 0.611. The summed E-state index contributed by atoms with van der Waals surface area (Å²) in [6.07, 6.45) is 2.01. The van der Waals surface area contributed by atoms with Crippen LogP contribution in [0.3, 0.4) is 0 Å². The first-order valence-electron chi connectivity index (χ1n) is 5.05. The van der Waals surface area contributed by atoms with Gasteiger partial charge in [-0.05, 0) is 37.8 Å². The fourth-order valence-corrected chi connectivity index (χ4v) is 2.16. The molecule has 4 heteroatoms. The molecule has 0 amide bonds. The second-order valence-electron chi connectivity index (χ2n) is 3.32. The molecule has 1 unspecified atom stereocenters. The molecule has 88 valence electrons. The van der Waals surface area contributed by atoms with Crippen LogP contribution in [0.1, 0.15) is 24.2 Å². The van der Waals surface area contributed by atoms with E-state index in [1.807, 2.05) is 31.4 Å². The Morgan fingerprint density at radius 3 is 2.75 bits per heavy atom. The van der Waals surface area contributed by atoms with Crippen LogP contribution in [0.5, 0.6) is 5.75 Å². The van der Waals surface area contributed by atoms with E-state index in [1.165, 1.54) is 0 Å². The van der Waals surface area contributed by atoms with E-state index in [0.29, 0.717) is 6.61 Å². The molecule has 0 aliphatic carbocycles. The second kappa shape index (κ2) is 6.30. The number of Topliss-reactive ketones (excluding diaryl/α,β-unsaturated/α-hetero) is 1. The molecule has 0 saturated carbocycles. The number of ether oxygens (including phenoxy) is 1. The summed E-state index contributed by atoms with van der Waals surface area (Å²) in [5.74, 6) is 0.942. The van der Waals surface area contributed by atoms with Crippen molar-refractivity contribution in [2.45, 2.75) is 23.6 Å². The summed E-state index contributed by atoms with van der Waals surface area (Å²) in [5.41, 5.74) is 0.939. The number of benzene rings is 1. The van der Waals surface area contributed by atoms with E-state index in [2.05, 4.69) is 15.9 Å². The number of thioether (sulfide) groups is 1. The minimum absolute atomic E-state index is 0.0966. The molecule has 0 bridgehead atoms. The van der Waals surface area contributed by atoms with E-state index in [9.17, 15) is 4.79 Å². The fraction of sp³-hybridized carbons (Fsp3) is 0.417. The van der Waals surface area contributed by atoms with E-state index >= 15 is 0 Å². The molecule has 0 radical (unpaired) electrons. The van der Waals surface area contributed by atoms with Gasteiger partial charge in [0.15, 0.2) is 0 Å². The molecule has 2 nitrogen and oxygen atoms in total. The van der Waals surface area contributed by atoms with Gasteiger partial charge in [0, 0.05) is 4.90 Å². The summed E-state index contributed by atoms with van der Waals surface area (Å²) in [6.45, 7) is 4.15. The lowest BCUT2D eigenvalue weighted by molar-refractivity contribution is -0.116. The van der Waals surface area contributed by atoms with E-state index < -0.39 is 0 Å². The summed E-state index contributed by atoms with van der Waals surface area (Å²) >= 11 is 5.01. The Kier molecular flexibility index (Phi) is 5.35. The Balaban J connectivity index is 3.05. The van der Waals surface area contributed by atoms with Gasteiger partial charge in [0.1, 0.15) is 11.5 Å². The van der Waals surface area contributed by atoms with Crippen molar-refractivity contribution < 1.29 is 9.53 Å². The predicted molar refractivity (Wildman–Crippen MR) is 71.7 cm³/mol. The smallest absolute Gasteiger partial charge is 0.147 e. The standard InChI is InChI=1S/C12H15BrO2S/c1-4-15-10-7-9(12(13)8(2)14)5-6-11(10)16-3/h5-7,12H,4H2,1-3H3. The molecule has 0 fully saturated rings. The molecule has 0 N–H and O–H groups in total. The van der Waals surface area contributed by atoms with Gasteiger partial charge < -0.3 is 4.74 Å². The van der Waals surface area contributed by atoms with Gasteiger partial charge in [-0.3, -0.25) is 4.79 Å². The number of carbonyl (C=O) groups excluding carboxylic acids is 1. The van der Waals surface area contributed by atoms with E-state index in [4.69, 9.17) is 4.74 Å². The van der Waals surface area contributed by atoms with Crippen LogP contribution in [0.4, 0.5) is 0 Å². The number of ketones is 1. The lowest BCUT2D eigenvalue weighted by atomic mass is 10.1. The molecule has 1 atom stereocenters. The Bertz CT molecular complexity index is 379. The largest absolute Gasteiger partial charge is 0.493 e. The van der Waals surface area contributed by atoms with Crippen LogP contribution < -0.4 is 4.74 Å². The first-order valence-corrected chi connectivity index (χ1v) is 7.19. The van der Waals surface area contributed by atoms with E-state index in [-0.39, 0.29) is 10.6 Å². The Hall–Kier alpha value is -0.480. The number of halogens is 1. The van der Waals surface area contributed by atoms with Gasteiger partial charge in [-0.1, -0.05) is 22.0 Å². The highest BCUT2D eigenvalue weighted by atomic mass is 79.9. The van der Waals surface area contributed by atoms with E-state index in [1.54, 1.807) is 18.7 Å². The molecule has 0 heterocycles. The van der Waals surface area contributed by atoms with Crippen LogP contribution in [-0.4, -0.2) is 18.6 Å². The Labute approximate surface area is 109 Å². The minimum atomic E-state index is -0.248. The number of hydrogen-bond acceptors (Lipinski definition) is 3. The zero-order chi connectivity index (χ0) is 12.1. The molecule has 1 rings (SSSR count). The van der Waals surface area contributed by atoms with Gasteiger partial charge >= 0.3 is 0 Å². The number of rotatable bonds is 5. The fourth-order valence-electron chi connectivity index (χ4n) is 1.35. The van der Waals surface area contributed by atoms with Crippen LogP contribution in [-0.2, 0) is 4.79 Å². The molecule has 0 aliphatic heterocycles. The van der Waals surface area contributed by atoms with Crippen molar-refractivity contribution >= 4 is 33.5 Å². The topological polar surface area (TPSA) is 26.3 Å². The van der Waals surface area contributed by atoms with Gasteiger partial charge in [-0.25, -0.2) is 0 Å². The maximum absolute atomic E-state index is 11.3. The van der Waals surface area contributed by atoms with Crippen molar-refractivity contribution in [3.8, 4) is 5.75 Å². The molecule has 1 aromatic rings. The first-order chi connectivity index (χ1) is 7.60. The molecule has 0 aromatic heterocycles. The highest BCUT2D eigenvalue weighted by Gasteiger charge is 2.14. The maximum atomic E-state index is 11.3. The molecule has 1 aromatic carbocycles. The van der Waals surface area contributed by atoms with Crippen molar-refractivity contribution in [2.75, 3.05) is 12.9 Å². The van der Waals surface area contributed by atoms with Crippen molar-refractivity contribution in [1.29, 1.82) is 0 Å². The second-order valence-corrected chi connectivity index (χ2v) is 5.08. The van der Waals surface area contributed by atoms with Gasteiger partial charge in [0.05, 0.1) is 11.4 Å². The third kappa shape index (κ3) is 3.25. The monoisotopic (exact) mass is 302 g/mol. The Morgan fingerprint density at radius 1 is 1.56 bits per heavy atom. The summed E-state index contributed by atoms with van der Waals surface area (Å²) in [5, 5.41) is 0. The lowest BCUT2D eigenvalue weighted by Crippen LogP contribution is -2.02. The SMILES string of the molecule is CCOc1cc(C(Br)C(C)=O)ccc1SC. The van der Waals surface area contributed by atoms with Gasteiger partial charge in [-0.15, -0.1) is 11.8 Å². The molecule has 0 spiro atoms. The van der Waals surface area contributed by atoms with Crippen LogP contribution in [0.25, 0.3) is 0 Å². The average molecular weight is 303 g/mol. The molecular formula is C12H15BrO2S. The maximum Gasteiger partial charge on any atom is 0.147 e. The third-order valence-electron chi connectivity index (χ3n) is 2.14. The van der Waals surface area contributed by atoms with Crippen molar-refractivity contribution in [1.82, 2.24) is 0 Å². The third-order valence-corrected chi connectivity index (χ3v) is 4.09. The van der Waals surface area contributed by atoms with E-state index in [0.717, 1.165) is 16.2 Å². The highest BCUT2D eigenvalue weighted by Crippen LogP contribution is 2.33. The summed E-state index contributed by atoms with van der Waals surface area (Å²) < 4.78 is 5.55. The van der Waals surface area contributed by atoms with Gasteiger partial charge in [0.2, 0.25) is 0 Å². The van der Waals surface area contributed by atoms with Crippen LogP contribution in [0.15, 0.2) is 23.1 Å². The zero-order valence-corrected chi connectivity index (χ0v) is 12.0.